The Kier molecular flexibility index (Phi) is 5.74. The lowest BCUT2D eigenvalue weighted by Gasteiger charge is -2.11. The van der Waals surface area contributed by atoms with E-state index in [-0.39, 0.29) is 5.69 Å². The van der Waals surface area contributed by atoms with Gasteiger partial charge in [0.2, 0.25) is 0 Å². The molecule has 7 nitrogen and oxygen atoms in total. The van der Waals surface area contributed by atoms with Gasteiger partial charge in [0, 0.05) is 11.8 Å². The molecule has 3 rings (SSSR count). The minimum absolute atomic E-state index is 0.191. The highest BCUT2D eigenvalue weighted by atomic mass is 16.5. The number of benzene rings is 2. The normalized spacial score (nSPS) is 10.3. The Bertz CT molecular complexity index is 967. The highest BCUT2D eigenvalue weighted by molar-refractivity contribution is 6.03. The Balaban J connectivity index is 1.73. The molecule has 0 radical (unpaired) electrons. The number of carbonyl (C=O) groups excluding carboxylic acids is 1. The molecule has 2 aromatic carbocycles. The van der Waals surface area contributed by atoms with Crippen molar-refractivity contribution in [2.24, 2.45) is 0 Å². The zero-order chi connectivity index (χ0) is 20.1. The minimum Gasteiger partial charge on any atom is -0.497 e. The van der Waals surface area contributed by atoms with E-state index in [2.05, 4.69) is 26.9 Å². The van der Waals surface area contributed by atoms with Crippen LogP contribution in [0, 0.1) is 13.8 Å². The van der Waals surface area contributed by atoms with E-state index in [1.165, 1.54) is 7.11 Å². The summed E-state index contributed by atoms with van der Waals surface area (Å²) in [4.78, 5) is 12.5. The summed E-state index contributed by atoms with van der Waals surface area (Å²) >= 11 is 0. The van der Waals surface area contributed by atoms with E-state index in [1.807, 2.05) is 26.0 Å². The predicted molar refractivity (Wildman–Crippen MR) is 109 cm³/mol. The second kappa shape index (κ2) is 8.39. The van der Waals surface area contributed by atoms with Gasteiger partial charge in [0.1, 0.15) is 11.5 Å². The van der Waals surface area contributed by atoms with Crippen LogP contribution in [-0.2, 0) is 0 Å². The van der Waals surface area contributed by atoms with Crippen molar-refractivity contribution in [3.8, 4) is 11.5 Å². The van der Waals surface area contributed by atoms with Crippen LogP contribution in [0.25, 0.3) is 0 Å². The maximum atomic E-state index is 12.5. The third-order valence-electron chi connectivity index (χ3n) is 4.05. The first kappa shape index (κ1) is 19.2. The maximum Gasteiger partial charge on any atom is 0.276 e. The molecule has 0 aliphatic carbocycles. The third kappa shape index (κ3) is 4.56. The molecule has 1 aromatic heterocycles. The molecule has 2 N–H and O–H groups in total. The molecule has 1 heterocycles. The monoisotopic (exact) mass is 378 g/mol. The lowest BCUT2D eigenvalue weighted by Crippen LogP contribution is -2.15. The smallest absolute Gasteiger partial charge is 0.276 e. The number of hydrogen-bond acceptors (Lipinski definition) is 6. The van der Waals surface area contributed by atoms with Crippen molar-refractivity contribution in [1.29, 1.82) is 0 Å². The molecule has 0 unspecified atom stereocenters. The van der Waals surface area contributed by atoms with Crippen LogP contribution in [0.5, 0.6) is 11.5 Å². The Hall–Kier alpha value is -3.61. The number of rotatable bonds is 6. The topological polar surface area (TPSA) is 85.4 Å². The fourth-order valence-corrected chi connectivity index (χ4v) is 2.81. The van der Waals surface area contributed by atoms with Crippen LogP contribution < -0.4 is 20.1 Å². The van der Waals surface area contributed by atoms with Gasteiger partial charge in [-0.25, -0.2) is 0 Å². The van der Waals surface area contributed by atoms with Gasteiger partial charge in [-0.2, -0.15) is 0 Å². The second-order valence-corrected chi connectivity index (χ2v) is 6.33. The van der Waals surface area contributed by atoms with E-state index in [0.717, 1.165) is 16.8 Å². The molecule has 7 heteroatoms. The van der Waals surface area contributed by atoms with Gasteiger partial charge in [-0.3, -0.25) is 4.79 Å². The van der Waals surface area contributed by atoms with Crippen molar-refractivity contribution < 1.29 is 14.3 Å². The number of nitrogens with zero attached hydrogens (tertiary/aromatic N) is 2. The van der Waals surface area contributed by atoms with Gasteiger partial charge in [0.25, 0.3) is 5.91 Å². The Labute approximate surface area is 163 Å². The number of aromatic nitrogens is 2. The van der Waals surface area contributed by atoms with Crippen LogP contribution in [0.4, 0.5) is 17.2 Å². The van der Waals surface area contributed by atoms with Crippen LogP contribution in [0.15, 0.2) is 48.5 Å². The summed E-state index contributed by atoms with van der Waals surface area (Å²) in [5, 5.41) is 14.1. The van der Waals surface area contributed by atoms with Gasteiger partial charge in [-0.05, 0) is 61.4 Å². The molecule has 0 saturated heterocycles. The first-order chi connectivity index (χ1) is 13.5. The molecule has 0 saturated carbocycles. The highest BCUT2D eigenvalue weighted by Gasteiger charge is 2.13. The number of amides is 1. The molecule has 0 aliphatic heterocycles. The van der Waals surface area contributed by atoms with E-state index in [1.54, 1.807) is 37.4 Å². The molecule has 0 atom stereocenters. The van der Waals surface area contributed by atoms with Crippen LogP contribution in [0.3, 0.4) is 0 Å². The van der Waals surface area contributed by atoms with Gasteiger partial charge in [-0.1, -0.05) is 6.07 Å². The van der Waals surface area contributed by atoms with Gasteiger partial charge < -0.3 is 20.1 Å². The van der Waals surface area contributed by atoms with Crippen molar-refractivity contribution in [2.75, 3.05) is 24.9 Å². The molecule has 0 fully saturated rings. The summed E-state index contributed by atoms with van der Waals surface area (Å²) in [6.07, 6.45) is 0. The number of aryl methyl sites for hydroxylation is 2. The summed E-state index contributed by atoms with van der Waals surface area (Å²) in [6.45, 7) is 4.06. The average molecular weight is 378 g/mol. The first-order valence-corrected chi connectivity index (χ1v) is 8.71. The van der Waals surface area contributed by atoms with Gasteiger partial charge in [0.05, 0.1) is 19.9 Å². The lowest BCUT2D eigenvalue weighted by atomic mass is 10.1. The van der Waals surface area contributed by atoms with E-state index >= 15 is 0 Å². The van der Waals surface area contributed by atoms with Crippen LogP contribution >= 0.6 is 0 Å². The maximum absolute atomic E-state index is 12.5. The quantitative estimate of drug-likeness (QED) is 0.671. The summed E-state index contributed by atoms with van der Waals surface area (Å²) in [7, 11) is 3.09. The van der Waals surface area contributed by atoms with E-state index in [4.69, 9.17) is 9.47 Å². The molecular weight excluding hydrogens is 356 g/mol. The van der Waals surface area contributed by atoms with Crippen molar-refractivity contribution in [3.63, 3.8) is 0 Å². The van der Waals surface area contributed by atoms with Gasteiger partial charge in [-0.15, -0.1) is 10.2 Å². The zero-order valence-corrected chi connectivity index (χ0v) is 16.2. The highest BCUT2D eigenvalue weighted by Crippen LogP contribution is 2.29. The fourth-order valence-electron chi connectivity index (χ4n) is 2.81. The lowest BCUT2D eigenvalue weighted by molar-refractivity contribution is 0.102. The summed E-state index contributed by atoms with van der Waals surface area (Å²) in [5.41, 5.74) is 3.91. The van der Waals surface area contributed by atoms with Crippen LogP contribution in [-0.4, -0.2) is 30.3 Å². The Morgan fingerprint density at radius 3 is 2.25 bits per heavy atom. The number of nitrogens with one attached hydrogen (secondary N) is 2. The second-order valence-electron chi connectivity index (χ2n) is 6.33. The van der Waals surface area contributed by atoms with Crippen molar-refractivity contribution >= 4 is 23.1 Å². The largest absolute Gasteiger partial charge is 0.497 e. The van der Waals surface area contributed by atoms with E-state index in [0.29, 0.717) is 23.0 Å². The Morgan fingerprint density at radius 2 is 1.64 bits per heavy atom. The molecule has 0 aliphatic rings. The van der Waals surface area contributed by atoms with Gasteiger partial charge >= 0.3 is 0 Å². The molecule has 0 spiro atoms. The minimum atomic E-state index is -0.392. The van der Waals surface area contributed by atoms with Crippen molar-refractivity contribution in [2.45, 2.75) is 13.8 Å². The number of carbonyl (C=O) groups is 1. The van der Waals surface area contributed by atoms with Crippen molar-refractivity contribution in [3.05, 3.63) is 65.4 Å². The summed E-state index contributed by atoms with van der Waals surface area (Å²) in [5.74, 6) is 1.29. The molecule has 144 valence electrons. The third-order valence-corrected chi connectivity index (χ3v) is 4.05. The van der Waals surface area contributed by atoms with E-state index in [9.17, 15) is 4.79 Å². The molecular formula is C21H22N4O3. The Morgan fingerprint density at radius 1 is 0.893 bits per heavy atom. The SMILES string of the molecule is COc1ccc(OC)c(NC(=O)c2ccc(Nc3cc(C)cc(C)c3)nn2)c1. The first-order valence-electron chi connectivity index (χ1n) is 8.71. The molecule has 28 heavy (non-hydrogen) atoms. The van der Waals surface area contributed by atoms with E-state index < -0.39 is 5.91 Å². The number of anilines is 3. The summed E-state index contributed by atoms with van der Waals surface area (Å²) in [6, 6.07) is 14.6. The average Bonchev–Trinajstić information content (AvgIpc) is 2.67. The summed E-state index contributed by atoms with van der Waals surface area (Å²) < 4.78 is 10.5. The van der Waals surface area contributed by atoms with Gasteiger partial charge in [0.15, 0.2) is 11.5 Å². The number of hydrogen-bond donors (Lipinski definition) is 2. The number of ether oxygens (including phenoxy) is 2. The van der Waals surface area contributed by atoms with Crippen LogP contribution in [0.2, 0.25) is 0 Å². The molecule has 1 amide bonds. The fraction of sp³-hybridized carbons (Fsp3) is 0.190. The van der Waals surface area contributed by atoms with Crippen molar-refractivity contribution in [1.82, 2.24) is 10.2 Å². The zero-order valence-electron chi connectivity index (χ0n) is 16.2. The predicted octanol–water partition coefficient (Wildman–Crippen LogP) is 4.11. The molecule has 3 aromatic rings. The number of methoxy groups -OCH3 is 2. The van der Waals surface area contributed by atoms with Crippen LogP contribution in [0.1, 0.15) is 21.6 Å². The molecule has 0 bridgehead atoms. The standard InChI is InChI=1S/C21H22N4O3/c1-13-9-14(2)11-15(10-13)22-20-8-6-17(24-25-20)21(26)23-18-12-16(27-3)5-7-19(18)28-4/h5-12H,1-4H3,(H,22,25)(H,23,26).